The number of anilines is 1. The van der Waals surface area contributed by atoms with E-state index in [2.05, 4.69) is 10.0 Å². The van der Waals surface area contributed by atoms with Gasteiger partial charge in [0, 0.05) is 6.54 Å². The first-order chi connectivity index (χ1) is 11.4. The summed E-state index contributed by atoms with van der Waals surface area (Å²) in [6.07, 6.45) is -1.37. The molecule has 2 aromatic carbocycles. The topological polar surface area (TPSA) is 84.5 Å². The molecular weight excluding hydrogens is 352 g/mol. The molecule has 0 aromatic heterocycles. The summed E-state index contributed by atoms with van der Waals surface area (Å²) < 4.78 is 31.6. The molecule has 0 aliphatic heterocycles. The highest BCUT2D eigenvalue weighted by atomic mass is 35.5. The fraction of sp³-hybridized carbons (Fsp3) is 0.188. The third kappa shape index (κ3) is 5.23. The van der Waals surface area contributed by atoms with E-state index < -0.39 is 22.2 Å². The third-order valence-electron chi connectivity index (χ3n) is 3.03. The predicted octanol–water partition coefficient (Wildman–Crippen LogP) is 3.26. The van der Waals surface area contributed by atoms with Gasteiger partial charge in [-0.1, -0.05) is 41.9 Å². The van der Waals surface area contributed by atoms with E-state index in [1.807, 2.05) is 0 Å². The average molecular weight is 369 g/mol. The Balaban J connectivity index is 1.86. The van der Waals surface area contributed by atoms with Crippen molar-refractivity contribution in [2.75, 3.05) is 11.9 Å². The molecule has 24 heavy (non-hydrogen) atoms. The third-order valence-corrected chi connectivity index (χ3v) is 4.80. The van der Waals surface area contributed by atoms with E-state index in [1.165, 1.54) is 12.1 Å². The molecule has 2 N–H and O–H groups in total. The molecule has 0 aliphatic rings. The van der Waals surface area contributed by atoms with E-state index in [1.54, 1.807) is 49.4 Å². The van der Waals surface area contributed by atoms with Crippen LogP contribution in [0.15, 0.2) is 59.5 Å². The predicted molar refractivity (Wildman–Crippen MR) is 92.6 cm³/mol. The Morgan fingerprint density at radius 1 is 1.12 bits per heavy atom. The zero-order valence-corrected chi connectivity index (χ0v) is 14.5. The van der Waals surface area contributed by atoms with Crippen LogP contribution < -0.4 is 10.0 Å². The number of hydrogen-bond donors (Lipinski definition) is 2. The lowest BCUT2D eigenvalue weighted by Crippen LogP contribution is -2.34. The summed E-state index contributed by atoms with van der Waals surface area (Å²) >= 11 is 5.93. The monoisotopic (exact) mass is 368 g/mol. The van der Waals surface area contributed by atoms with E-state index in [-0.39, 0.29) is 11.4 Å². The van der Waals surface area contributed by atoms with Crippen molar-refractivity contribution in [3.8, 4) is 0 Å². The number of benzene rings is 2. The van der Waals surface area contributed by atoms with Gasteiger partial charge in [0.1, 0.15) is 6.10 Å². The van der Waals surface area contributed by atoms with Gasteiger partial charge in [-0.3, -0.25) is 5.32 Å². The number of carbonyl (C=O) groups is 1. The minimum Gasteiger partial charge on any atom is -0.445 e. The number of rotatable bonds is 6. The van der Waals surface area contributed by atoms with Crippen molar-refractivity contribution in [3.63, 3.8) is 0 Å². The number of ether oxygens (including phenoxy) is 1. The molecule has 0 bridgehead atoms. The molecular formula is C16H17ClN2O4S. The molecule has 1 amide bonds. The minimum atomic E-state index is -3.64. The van der Waals surface area contributed by atoms with Crippen molar-refractivity contribution < 1.29 is 17.9 Å². The van der Waals surface area contributed by atoms with Crippen LogP contribution in [0.25, 0.3) is 0 Å². The summed E-state index contributed by atoms with van der Waals surface area (Å²) in [5, 5.41) is 2.88. The minimum absolute atomic E-state index is 0.0484. The Morgan fingerprint density at radius 3 is 2.42 bits per heavy atom. The Hall–Kier alpha value is -2.09. The molecule has 1 atom stereocenters. The molecule has 6 nitrogen and oxygen atoms in total. The van der Waals surface area contributed by atoms with Crippen LogP contribution in [-0.2, 0) is 14.8 Å². The Morgan fingerprint density at radius 2 is 1.75 bits per heavy atom. The van der Waals surface area contributed by atoms with Gasteiger partial charge in [-0.15, -0.1) is 0 Å². The zero-order chi connectivity index (χ0) is 17.6. The molecule has 0 heterocycles. The number of amides is 1. The highest BCUT2D eigenvalue weighted by molar-refractivity contribution is 7.89. The first-order valence-corrected chi connectivity index (χ1v) is 9.01. The number of halogens is 1. The van der Waals surface area contributed by atoms with Crippen LogP contribution in [0.4, 0.5) is 10.5 Å². The van der Waals surface area contributed by atoms with E-state index >= 15 is 0 Å². The van der Waals surface area contributed by atoms with Gasteiger partial charge in [0.25, 0.3) is 0 Å². The van der Waals surface area contributed by atoms with E-state index in [0.29, 0.717) is 10.7 Å². The number of nitrogens with one attached hydrogen (secondary N) is 2. The van der Waals surface area contributed by atoms with Crippen molar-refractivity contribution in [3.05, 3.63) is 59.6 Å². The Labute approximate surface area is 145 Å². The number of hydrogen-bond acceptors (Lipinski definition) is 4. The average Bonchev–Trinajstić information content (AvgIpc) is 2.56. The highest BCUT2D eigenvalue weighted by Crippen LogP contribution is 2.20. The molecule has 0 fully saturated rings. The molecule has 0 radical (unpaired) electrons. The Bertz CT molecular complexity index is 797. The zero-order valence-electron chi connectivity index (χ0n) is 12.9. The molecule has 1 unspecified atom stereocenters. The van der Waals surface area contributed by atoms with E-state index in [0.717, 1.165) is 0 Å². The Kier molecular flexibility index (Phi) is 6.19. The van der Waals surface area contributed by atoms with Crippen LogP contribution in [-0.4, -0.2) is 27.2 Å². The molecule has 0 saturated heterocycles. The van der Waals surface area contributed by atoms with Crippen LogP contribution in [0.1, 0.15) is 6.92 Å². The summed E-state index contributed by atoms with van der Waals surface area (Å²) in [5.41, 5.74) is 0.418. The quantitative estimate of drug-likeness (QED) is 0.819. The van der Waals surface area contributed by atoms with Crippen molar-refractivity contribution in [2.24, 2.45) is 0 Å². The van der Waals surface area contributed by atoms with Gasteiger partial charge in [-0.25, -0.2) is 17.9 Å². The van der Waals surface area contributed by atoms with E-state index in [9.17, 15) is 13.2 Å². The lowest BCUT2D eigenvalue weighted by molar-refractivity contribution is 0.122. The molecule has 8 heteroatoms. The first kappa shape index (κ1) is 18.3. The summed E-state index contributed by atoms with van der Waals surface area (Å²) in [6.45, 7) is 1.53. The van der Waals surface area contributed by atoms with Crippen molar-refractivity contribution in [1.82, 2.24) is 4.72 Å². The van der Waals surface area contributed by atoms with Gasteiger partial charge in [0.15, 0.2) is 0 Å². The van der Waals surface area contributed by atoms with Gasteiger partial charge < -0.3 is 4.74 Å². The maximum absolute atomic E-state index is 12.1. The van der Waals surface area contributed by atoms with Crippen LogP contribution in [0, 0.1) is 0 Å². The second kappa shape index (κ2) is 8.14. The number of carbonyl (C=O) groups excluding carboxylic acids is 1. The van der Waals surface area contributed by atoms with E-state index in [4.69, 9.17) is 16.3 Å². The second-order valence-corrected chi connectivity index (χ2v) is 7.16. The van der Waals surface area contributed by atoms with Gasteiger partial charge >= 0.3 is 6.09 Å². The van der Waals surface area contributed by atoms with Crippen molar-refractivity contribution >= 4 is 33.4 Å². The normalized spacial score (nSPS) is 12.4. The second-order valence-electron chi connectivity index (χ2n) is 4.99. The smallest absolute Gasteiger partial charge is 0.411 e. The van der Waals surface area contributed by atoms with Gasteiger partial charge in [-0.05, 0) is 31.2 Å². The van der Waals surface area contributed by atoms with Gasteiger partial charge in [0.2, 0.25) is 10.0 Å². The van der Waals surface area contributed by atoms with Crippen molar-refractivity contribution in [1.29, 1.82) is 0 Å². The lowest BCUT2D eigenvalue weighted by Gasteiger charge is -2.15. The molecule has 128 valence electrons. The summed E-state index contributed by atoms with van der Waals surface area (Å²) in [4.78, 5) is 12.0. The largest absolute Gasteiger partial charge is 0.445 e. The molecule has 0 spiro atoms. The maximum Gasteiger partial charge on any atom is 0.411 e. The molecule has 0 aliphatic carbocycles. The fourth-order valence-corrected chi connectivity index (χ4v) is 3.16. The SMILES string of the molecule is CC(CNS(=O)(=O)c1ccccc1)OC(=O)Nc1ccccc1Cl. The molecule has 2 rings (SSSR count). The lowest BCUT2D eigenvalue weighted by atomic mass is 10.3. The maximum atomic E-state index is 12.1. The first-order valence-electron chi connectivity index (χ1n) is 7.15. The van der Waals surface area contributed by atoms with Crippen LogP contribution in [0.2, 0.25) is 5.02 Å². The number of sulfonamides is 1. The summed E-state index contributed by atoms with van der Waals surface area (Å²) in [7, 11) is -3.64. The molecule has 2 aromatic rings. The molecule has 0 saturated carbocycles. The summed E-state index contributed by atoms with van der Waals surface area (Å²) in [5.74, 6) is 0. The standard InChI is InChI=1S/C16H17ClN2O4S/c1-12(11-18-24(21,22)13-7-3-2-4-8-13)23-16(20)19-15-10-6-5-9-14(15)17/h2-10,12,18H,11H2,1H3,(H,19,20). The number of para-hydroxylation sites is 1. The van der Waals surface area contributed by atoms with Crippen LogP contribution in [0.5, 0.6) is 0 Å². The van der Waals surface area contributed by atoms with Gasteiger partial charge in [-0.2, -0.15) is 0 Å². The summed E-state index contributed by atoms with van der Waals surface area (Å²) in [6, 6.07) is 14.7. The van der Waals surface area contributed by atoms with Crippen LogP contribution in [0.3, 0.4) is 0 Å². The van der Waals surface area contributed by atoms with Crippen molar-refractivity contribution in [2.45, 2.75) is 17.9 Å². The van der Waals surface area contributed by atoms with Crippen LogP contribution >= 0.6 is 11.6 Å². The fourth-order valence-electron chi connectivity index (χ4n) is 1.84. The van der Waals surface area contributed by atoms with Gasteiger partial charge in [0.05, 0.1) is 15.6 Å². The highest BCUT2D eigenvalue weighted by Gasteiger charge is 2.17.